The van der Waals surface area contributed by atoms with E-state index in [2.05, 4.69) is 0 Å². The quantitative estimate of drug-likeness (QED) is 0.852. The van der Waals surface area contributed by atoms with E-state index >= 15 is 0 Å². The van der Waals surface area contributed by atoms with Crippen LogP contribution in [-0.2, 0) is 0 Å². The van der Waals surface area contributed by atoms with Crippen LogP contribution in [0.3, 0.4) is 0 Å². The first kappa shape index (κ1) is 12.6. The number of phenolic OH excluding ortho intramolecular Hbond substituents is 1. The molecule has 0 aliphatic heterocycles. The third-order valence-electron chi connectivity index (χ3n) is 2.48. The van der Waals surface area contributed by atoms with Gasteiger partial charge in [-0.15, -0.1) is 0 Å². The molecule has 0 spiro atoms. The van der Waals surface area contributed by atoms with Gasteiger partial charge in [-0.2, -0.15) is 0 Å². The highest BCUT2D eigenvalue weighted by molar-refractivity contribution is 5.97. The summed E-state index contributed by atoms with van der Waals surface area (Å²) in [7, 11) is 0. The maximum atomic E-state index is 12.2. The van der Waals surface area contributed by atoms with E-state index in [1.54, 1.807) is 23.1 Å². The lowest BCUT2D eigenvalue weighted by Gasteiger charge is -2.31. The third-order valence-corrected chi connectivity index (χ3v) is 2.48. The Morgan fingerprint density at radius 2 is 1.62 bits per heavy atom. The van der Waals surface area contributed by atoms with Gasteiger partial charge in [0.1, 0.15) is 5.75 Å². The van der Waals surface area contributed by atoms with Crippen molar-refractivity contribution >= 4 is 5.91 Å². The summed E-state index contributed by atoms with van der Waals surface area (Å²) in [6, 6.07) is 6.88. The van der Waals surface area contributed by atoms with Gasteiger partial charge in [0, 0.05) is 12.1 Å². The van der Waals surface area contributed by atoms with Crippen LogP contribution in [0.4, 0.5) is 0 Å². The molecule has 0 aliphatic rings. The molecular formula is C13H19NO2. The Morgan fingerprint density at radius 3 is 2.06 bits per heavy atom. The maximum Gasteiger partial charge on any atom is 0.258 e. The van der Waals surface area contributed by atoms with E-state index in [1.165, 1.54) is 6.07 Å². The average Bonchev–Trinajstić information content (AvgIpc) is 2.16. The van der Waals surface area contributed by atoms with Gasteiger partial charge in [-0.25, -0.2) is 0 Å². The fraction of sp³-hybridized carbons (Fsp3) is 0.462. The lowest BCUT2D eigenvalue weighted by molar-refractivity contribution is 0.0640. The van der Waals surface area contributed by atoms with Crippen molar-refractivity contribution in [3.8, 4) is 5.75 Å². The molecule has 0 saturated carbocycles. The molecule has 0 heterocycles. The van der Waals surface area contributed by atoms with Crippen molar-refractivity contribution in [2.24, 2.45) is 0 Å². The van der Waals surface area contributed by atoms with Crippen LogP contribution in [0.1, 0.15) is 38.1 Å². The van der Waals surface area contributed by atoms with Crippen LogP contribution in [0, 0.1) is 0 Å². The van der Waals surface area contributed by atoms with E-state index in [4.69, 9.17) is 0 Å². The molecule has 0 aromatic heterocycles. The minimum absolute atomic E-state index is 0.0406. The Labute approximate surface area is 96.7 Å². The lowest BCUT2D eigenvalue weighted by atomic mass is 10.1. The Kier molecular flexibility index (Phi) is 3.93. The van der Waals surface area contributed by atoms with Crippen molar-refractivity contribution < 1.29 is 9.90 Å². The summed E-state index contributed by atoms with van der Waals surface area (Å²) >= 11 is 0. The van der Waals surface area contributed by atoms with Crippen molar-refractivity contribution in [2.45, 2.75) is 39.8 Å². The molecule has 1 aromatic carbocycles. The van der Waals surface area contributed by atoms with Gasteiger partial charge >= 0.3 is 0 Å². The number of carbonyl (C=O) groups excluding carboxylic acids is 1. The standard InChI is InChI=1S/C13H19NO2/c1-9(2)14(10(3)4)13(16)11-7-5-6-8-12(11)15/h5-10,15H,1-4H3. The summed E-state index contributed by atoms with van der Waals surface area (Å²) in [4.78, 5) is 14.0. The average molecular weight is 221 g/mol. The minimum Gasteiger partial charge on any atom is -0.507 e. The zero-order chi connectivity index (χ0) is 12.3. The van der Waals surface area contributed by atoms with E-state index < -0.39 is 0 Å². The fourth-order valence-corrected chi connectivity index (χ4v) is 1.86. The molecule has 1 aromatic rings. The number of rotatable bonds is 3. The highest BCUT2D eigenvalue weighted by atomic mass is 16.3. The molecule has 0 saturated heterocycles. The molecule has 3 heteroatoms. The molecule has 1 N–H and O–H groups in total. The van der Waals surface area contributed by atoms with Gasteiger partial charge in [0.25, 0.3) is 5.91 Å². The molecule has 0 atom stereocenters. The van der Waals surface area contributed by atoms with Gasteiger partial charge in [0.2, 0.25) is 0 Å². The number of benzene rings is 1. The second-order valence-electron chi connectivity index (χ2n) is 4.42. The van der Waals surface area contributed by atoms with Crippen LogP contribution >= 0.6 is 0 Å². The number of para-hydroxylation sites is 1. The summed E-state index contributed by atoms with van der Waals surface area (Å²) in [5, 5.41) is 9.65. The molecular weight excluding hydrogens is 202 g/mol. The van der Waals surface area contributed by atoms with Crippen molar-refractivity contribution in [1.82, 2.24) is 4.90 Å². The van der Waals surface area contributed by atoms with Crippen LogP contribution < -0.4 is 0 Å². The second kappa shape index (κ2) is 5.01. The van der Waals surface area contributed by atoms with Gasteiger partial charge in [-0.05, 0) is 39.8 Å². The molecule has 16 heavy (non-hydrogen) atoms. The molecule has 0 bridgehead atoms. The van der Waals surface area contributed by atoms with Crippen LogP contribution in [-0.4, -0.2) is 28.0 Å². The van der Waals surface area contributed by atoms with Gasteiger partial charge in [-0.1, -0.05) is 12.1 Å². The van der Waals surface area contributed by atoms with Crippen molar-refractivity contribution in [2.75, 3.05) is 0 Å². The van der Waals surface area contributed by atoms with Crippen molar-refractivity contribution in [3.63, 3.8) is 0 Å². The van der Waals surface area contributed by atoms with E-state index in [0.29, 0.717) is 5.56 Å². The number of phenols is 1. The van der Waals surface area contributed by atoms with Crippen LogP contribution in [0.15, 0.2) is 24.3 Å². The topological polar surface area (TPSA) is 40.5 Å². The summed E-state index contributed by atoms with van der Waals surface area (Å²) < 4.78 is 0. The summed E-state index contributed by atoms with van der Waals surface area (Å²) in [6.45, 7) is 7.88. The van der Waals surface area contributed by atoms with Crippen molar-refractivity contribution in [1.29, 1.82) is 0 Å². The Hall–Kier alpha value is -1.51. The largest absolute Gasteiger partial charge is 0.507 e. The number of aromatic hydroxyl groups is 1. The molecule has 1 amide bonds. The predicted octanol–water partition coefficient (Wildman–Crippen LogP) is 2.65. The number of nitrogens with zero attached hydrogens (tertiary/aromatic N) is 1. The summed E-state index contributed by atoms with van der Waals surface area (Å²) in [5.41, 5.74) is 0.366. The molecule has 3 nitrogen and oxygen atoms in total. The Morgan fingerprint density at radius 1 is 1.12 bits per heavy atom. The van der Waals surface area contributed by atoms with E-state index in [1.807, 2.05) is 27.7 Å². The monoisotopic (exact) mass is 221 g/mol. The third kappa shape index (κ3) is 2.54. The first-order valence-electron chi connectivity index (χ1n) is 5.55. The zero-order valence-corrected chi connectivity index (χ0v) is 10.3. The van der Waals surface area contributed by atoms with Crippen LogP contribution in [0.5, 0.6) is 5.75 Å². The van der Waals surface area contributed by atoms with E-state index in [-0.39, 0.29) is 23.7 Å². The van der Waals surface area contributed by atoms with Crippen LogP contribution in [0.2, 0.25) is 0 Å². The fourth-order valence-electron chi connectivity index (χ4n) is 1.86. The Bertz CT molecular complexity index is 364. The lowest BCUT2D eigenvalue weighted by Crippen LogP contribution is -2.42. The molecule has 0 radical (unpaired) electrons. The van der Waals surface area contributed by atoms with Gasteiger partial charge in [0.05, 0.1) is 5.56 Å². The van der Waals surface area contributed by atoms with Crippen LogP contribution in [0.25, 0.3) is 0 Å². The summed E-state index contributed by atoms with van der Waals surface area (Å²) in [5.74, 6) is -0.0816. The molecule has 88 valence electrons. The first-order chi connectivity index (χ1) is 7.45. The van der Waals surface area contributed by atoms with E-state index in [0.717, 1.165) is 0 Å². The van der Waals surface area contributed by atoms with Crippen molar-refractivity contribution in [3.05, 3.63) is 29.8 Å². The smallest absolute Gasteiger partial charge is 0.258 e. The van der Waals surface area contributed by atoms with Gasteiger partial charge in [-0.3, -0.25) is 4.79 Å². The normalized spacial score (nSPS) is 10.9. The number of hydrogen-bond donors (Lipinski definition) is 1. The maximum absolute atomic E-state index is 12.2. The molecule has 0 aliphatic carbocycles. The molecule has 0 unspecified atom stereocenters. The highest BCUT2D eigenvalue weighted by Crippen LogP contribution is 2.20. The SMILES string of the molecule is CC(C)N(C(=O)c1ccccc1O)C(C)C. The number of hydrogen-bond acceptors (Lipinski definition) is 2. The Balaban J connectivity index is 3.05. The molecule has 0 fully saturated rings. The number of carbonyl (C=O) groups is 1. The predicted molar refractivity (Wildman–Crippen MR) is 64.5 cm³/mol. The zero-order valence-electron chi connectivity index (χ0n) is 10.3. The number of amides is 1. The molecule has 1 rings (SSSR count). The second-order valence-corrected chi connectivity index (χ2v) is 4.42. The highest BCUT2D eigenvalue weighted by Gasteiger charge is 2.23. The first-order valence-corrected chi connectivity index (χ1v) is 5.55. The summed E-state index contributed by atoms with van der Waals surface area (Å²) in [6.07, 6.45) is 0. The van der Waals surface area contributed by atoms with E-state index in [9.17, 15) is 9.90 Å². The van der Waals surface area contributed by atoms with Gasteiger partial charge in [0.15, 0.2) is 0 Å². The minimum atomic E-state index is -0.122. The van der Waals surface area contributed by atoms with Gasteiger partial charge < -0.3 is 10.0 Å².